The highest BCUT2D eigenvalue weighted by atomic mass is 16.6. The third-order valence-electron chi connectivity index (χ3n) is 5.45. The van der Waals surface area contributed by atoms with Gasteiger partial charge in [0.1, 0.15) is 19.0 Å². The summed E-state index contributed by atoms with van der Waals surface area (Å²) < 4.78 is 11.2. The fourth-order valence-corrected chi connectivity index (χ4v) is 3.69. The van der Waals surface area contributed by atoms with Gasteiger partial charge < -0.3 is 19.7 Å². The van der Waals surface area contributed by atoms with Gasteiger partial charge in [-0.25, -0.2) is 4.98 Å². The minimum Gasteiger partial charge on any atom is -0.486 e. The second-order valence-corrected chi connectivity index (χ2v) is 7.21. The highest BCUT2D eigenvalue weighted by molar-refractivity contribution is 5.76. The molecule has 1 aromatic carbocycles. The maximum Gasteiger partial charge on any atom is 0.162 e. The molecule has 2 aromatic rings. The standard InChI is InChI=1S/C22H27N3O2/c1-3-17-8-10-25(11-9-17)22-7-5-19(15-23-22)24-16(2)18-4-6-20-21(14-18)27-13-12-26-20/h4-7,14-15,17,24H,2-3,8-13H2,1H3. The van der Waals surface area contributed by atoms with Crippen LogP contribution in [-0.2, 0) is 0 Å². The zero-order valence-electron chi connectivity index (χ0n) is 15.9. The lowest BCUT2D eigenvalue weighted by atomic mass is 9.94. The smallest absolute Gasteiger partial charge is 0.162 e. The molecule has 27 heavy (non-hydrogen) atoms. The van der Waals surface area contributed by atoms with Gasteiger partial charge in [-0.2, -0.15) is 0 Å². The third kappa shape index (κ3) is 4.02. The van der Waals surface area contributed by atoms with E-state index in [1.807, 2.05) is 24.4 Å². The van der Waals surface area contributed by atoms with Gasteiger partial charge in [-0.1, -0.05) is 19.9 Å². The quantitative estimate of drug-likeness (QED) is 0.841. The Morgan fingerprint density at radius 1 is 1.15 bits per heavy atom. The second-order valence-electron chi connectivity index (χ2n) is 7.21. The molecule has 1 aromatic heterocycles. The Kier molecular flexibility index (Phi) is 5.19. The van der Waals surface area contributed by atoms with E-state index in [0.717, 1.165) is 53.3 Å². The van der Waals surface area contributed by atoms with Crippen molar-refractivity contribution < 1.29 is 9.47 Å². The molecular formula is C22H27N3O2. The second kappa shape index (κ2) is 7.91. The van der Waals surface area contributed by atoms with Gasteiger partial charge in [-0.05, 0) is 49.1 Å². The number of nitrogens with zero attached hydrogens (tertiary/aromatic N) is 2. The number of ether oxygens (including phenoxy) is 2. The van der Waals surface area contributed by atoms with Crippen LogP contribution in [-0.4, -0.2) is 31.3 Å². The molecule has 1 saturated heterocycles. The topological polar surface area (TPSA) is 46.6 Å². The molecule has 2 aliphatic rings. The zero-order valence-corrected chi connectivity index (χ0v) is 15.9. The molecular weight excluding hydrogens is 338 g/mol. The van der Waals surface area contributed by atoms with Crippen LogP contribution in [0.4, 0.5) is 11.5 Å². The first-order valence-corrected chi connectivity index (χ1v) is 9.80. The minimum atomic E-state index is 0.581. The number of pyridine rings is 1. The lowest BCUT2D eigenvalue weighted by molar-refractivity contribution is 0.171. The number of aromatic nitrogens is 1. The Balaban J connectivity index is 1.39. The van der Waals surface area contributed by atoms with E-state index in [0.29, 0.717) is 13.2 Å². The van der Waals surface area contributed by atoms with Gasteiger partial charge in [-0.15, -0.1) is 0 Å². The molecule has 0 spiro atoms. The molecule has 1 fully saturated rings. The maximum absolute atomic E-state index is 5.65. The number of hydrogen-bond acceptors (Lipinski definition) is 5. The van der Waals surface area contributed by atoms with E-state index >= 15 is 0 Å². The molecule has 2 aliphatic heterocycles. The van der Waals surface area contributed by atoms with Gasteiger partial charge in [0.2, 0.25) is 0 Å². The Morgan fingerprint density at radius 2 is 1.93 bits per heavy atom. The number of piperidine rings is 1. The number of fused-ring (bicyclic) bond motifs is 1. The van der Waals surface area contributed by atoms with Crippen molar-refractivity contribution in [2.75, 3.05) is 36.5 Å². The molecule has 1 N–H and O–H groups in total. The van der Waals surface area contributed by atoms with Crippen molar-refractivity contribution in [3.63, 3.8) is 0 Å². The Bertz CT molecular complexity index is 796. The van der Waals surface area contributed by atoms with Crippen molar-refractivity contribution >= 4 is 17.2 Å². The van der Waals surface area contributed by atoms with Crippen LogP contribution in [0.1, 0.15) is 31.7 Å². The van der Waals surface area contributed by atoms with E-state index in [4.69, 9.17) is 9.47 Å². The van der Waals surface area contributed by atoms with Crippen LogP contribution in [0, 0.1) is 5.92 Å². The summed E-state index contributed by atoms with van der Waals surface area (Å²) in [7, 11) is 0. The molecule has 0 amide bonds. The van der Waals surface area contributed by atoms with Crippen molar-refractivity contribution in [2.45, 2.75) is 26.2 Å². The first kappa shape index (κ1) is 17.7. The van der Waals surface area contributed by atoms with Gasteiger partial charge in [0.25, 0.3) is 0 Å². The minimum absolute atomic E-state index is 0.581. The lowest BCUT2D eigenvalue weighted by Crippen LogP contribution is -2.33. The van der Waals surface area contributed by atoms with Crippen molar-refractivity contribution in [3.8, 4) is 11.5 Å². The lowest BCUT2D eigenvalue weighted by Gasteiger charge is -2.32. The van der Waals surface area contributed by atoms with E-state index in [2.05, 4.69) is 40.8 Å². The molecule has 0 unspecified atom stereocenters. The van der Waals surface area contributed by atoms with Crippen LogP contribution < -0.4 is 19.7 Å². The third-order valence-corrected chi connectivity index (χ3v) is 5.45. The Labute approximate surface area is 161 Å². The monoisotopic (exact) mass is 365 g/mol. The van der Waals surface area contributed by atoms with Crippen LogP contribution >= 0.6 is 0 Å². The average molecular weight is 365 g/mol. The molecule has 0 atom stereocenters. The first-order chi connectivity index (χ1) is 13.2. The summed E-state index contributed by atoms with van der Waals surface area (Å²) in [5.74, 6) is 3.48. The van der Waals surface area contributed by atoms with E-state index < -0.39 is 0 Å². The number of nitrogens with one attached hydrogen (secondary N) is 1. The van der Waals surface area contributed by atoms with Crippen LogP contribution in [0.2, 0.25) is 0 Å². The number of anilines is 2. The number of hydrogen-bond donors (Lipinski definition) is 1. The summed E-state index contributed by atoms with van der Waals surface area (Å²) in [6.45, 7) is 9.82. The summed E-state index contributed by atoms with van der Waals surface area (Å²) in [5, 5.41) is 3.34. The highest BCUT2D eigenvalue weighted by Crippen LogP contribution is 2.33. The molecule has 0 radical (unpaired) electrons. The molecule has 0 bridgehead atoms. The summed E-state index contributed by atoms with van der Waals surface area (Å²) >= 11 is 0. The normalized spacial score (nSPS) is 16.9. The van der Waals surface area contributed by atoms with E-state index in [9.17, 15) is 0 Å². The van der Waals surface area contributed by atoms with Gasteiger partial charge in [0.15, 0.2) is 11.5 Å². The molecule has 5 nitrogen and oxygen atoms in total. The highest BCUT2D eigenvalue weighted by Gasteiger charge is 2.18. The fraction of sp³-hybridized carbons (Fsp3) is 0.409. The predicted molar refractivity (Wildman–Crippen MR) is 110 cm³/mol. The van der Waals surface area contributed by atoms with Gasteiger partial charge >= 0.3 is 0 Å². The van der Waals surface area contributed by atoms with E-state index in [1.165, 1.54) is 19.3 Å². The maximum atomic E-state index is 5.65. The van der Waals surface area contributed by atoms with Crippen LogP contribution in [0.15, 0.2) is 43.1 Å². The predicted octanol–water partition coefficient (Wildman–Crippen LogP) is 4.56. The van der Waals surface area contributed by atoms with Gasteiger partial charge in [0, 0.05) is 24.4 Å². The van der Waals surface area contributed by atoms with Crippen LogP contribution in [0.25, 0.3) is 5.70 Å². The number of benzene rings is 1. The van der Waals surface area contributed by atoms with Crippen molar-refractivity contribution in [3.05, 3.63) is 48.7 Å². The molecule has 0 saturated carbocycles. The summed E-state index contributed by atoms with van der Waals surface area (Å²) in [5.41, 5.74) is 2.72. The Morgan fingerprint density at radius 3 is 2.63 bits per heavy atom. The van der Waals surface area contributed by atoms with Crippen LogP contribution in [0.3, 0.4) is 0 Å². The summed E-state index contributed by atoms with van der Waals surface area (Å²) in [6, 6.07) is 10.0. The molecule has 142 valence electrons. The van der Waals surface area contributed by atoms with E-state index in [-0.39, 0.29) is 0 Å². The van der Waals surface area contributed by atoms with Gasteiger partial charge in [-0.3, -0.25) is 0 Å². The fourth-order valence-electron chi connectivity index (χ4n) is 3.69. The van der Waals surface area contributed by atoms with Crippen LogP contribution in [0.5, 0.6) is 11.5 Å². The number of rotatable bonds is 5. The Hall–Kier alpha value is -2.69. The summed E-state index contributed by atoms with van der Waals surface area (Å²) in [6.07, 6.45) is 5.69. The molecule has 5 heteroatoms. The molecule has 3 heterocycles. The van der Waals surface area contributed by atoms with Crippen molar-refractivity contribution in [1.82, 2.24) is 4.98 Å². The first-order valence-electron chi connectivity index (χ1n) is 9.80. The molecule has 4 rings (SSSR count). The average Bonchev–Trinajstić information content (AvgIpc) is 2.74. The SMILES string of the molecule is C=C(Nc1ccc(N2CCC(CC)CC2)nc1)c1ccc2c(c1)OCCO2. The summed E-state index contributed by atoms with van der Waals surface area (Å²) in [4.78, 5) is 7.03. The largest absolute Gasteiger partial charge is 0.486 e. The molecule has 0 aliphatic carbocycles. The van der Waals surface area contributed by atoms with Gasteiger partial charge in [0.05, 0.1) is 11.9 Å². The van der Waals surface area contributed by atoms with Crippen molar-refractivity contribution in [1.29, 1.82) is 0 Å². The zero-order chi connectivity index (χ0) is 18.6. The van der Waals surface area contributed by atoms with Crippen molar-refractivity contribution in [2.24, 2.45) is 5.92 Å². The van der Waals surface area contributed by atoms with E-state index in [1.54, 1.807) is 0 Å².